The van der Waals surface area contributed by atoms with Gasteiger partial charge in [-0.1, -0.05) is 43.7 Å². The summed E-state index contributed by atoms with van der Waals surface area (Å²) in [6.07, 6.45) is 1.38. The quantitative estimate of drug-likeness (QED) is 0.764. The molecule has 1 aliphatic heterocycles. The summed E-state index contributed by atoms with van der Waals surface area (Å²) in [6.45, 7) is 10.2. The van der Waals surface area contributed by atoms with Gasteiger partial charge in [0.2, 0.25) is 5.91 Å². The first-order chi connectivity index (χ1) is 13.4. The van der Waals surface area contributed by atoms with E-state index in [1.165, 1.54) is 5.56 Å². The Hall–Kier alpha value is -2.33. The molecule has 0 atom stereocenters. The van der Waals surface area contributed by atoms with Crippen molar-refractivity contribution < 1.29 is 14.3 Å². The van der Waals surface area contributed by atoms with Crippen molar-refractivity contribution in [2.24, 2.45) is 5.92 Å². The largest absolute Gasteiger partial charge is 0.493 e. The van der Waals surface area contributed by atoms with E-state index in [4.69, 9.17) is 9.47 Å². The lowest BCUT2D eigenvalue weighted by Crippen LogP contribution is -2.44. The van der Waals surface area contributed by atoms with Crippen molar-refractivity contribution in [1.82, 2.24) is 0 Å². The van der Waals surface area contributed by atoms with Crippen LogP contribution in [0.3, 0.4) is 0 Å². The number of hydrogen-bond acceptors (Lipinski definition) is 3. The zero-order valence-electron chi connectivity index (χ0n) is 17.4. The van der Waals surface area contributed by atoms with Crippen molar-refractivity contribution in [3.05, 3.63) is 59.2 Å². The molecular weight excluding hydrogens is 350 g/mol. The summed E-state index contributed by atoms with van der Waals surface area (Å²) in [5.74, 6) is 1.38. The van der Waals surface area contributed by atoms with Crippen LogP contribution in [-0.2, 0) is 14.9 Å². The number of anilines is 1. The fourth-order valence-corrected chi connectivity index (χ4v) is 3.71. The second-order valence-electron chi connectivity index (χ2n) is 8.20. The van der Waals surface area contributed by atoms with Crippen LogP contribution >= 0.6 is 0 Å². The molecule has 2 aromatic carbocycles. The van der Waals surface area contributed by atoms with Gasteiger partial charge in [-0.05, 0) is 61.9 Å². The molecule has 1 saturated heterocycles. The molecule has 4 nitrogen and oxygen atoms in total. The minimum Gasteiger partial charge on any atom is -0.493 e. The third-order valence-corrected chi connectivity index (χ3v) is 5.36. The van der Waals surface area contributed by atoms with Gasteiger partial charge < -0.3 is 14.8 Å². The van der Waals surface area contributed by atoms with Crippen LogP contribution in [0.5, 0.6) is 5.75 Å². The Bertz CT molecular complexity index is 822. The highest BCUT2D eigenvalue weighted by Gasteiger charge is 2.41. The van der Waals surface area contributed by atoms with Gasteiger partial charge in [-0.3, -0.25) is 4.79 Å². The first-order valence-electron chi connectivity index (χ1n) is 10.1. The summed E-state index contributed by atoms with van der Waals surface area (Å²) in [7, 11) is 0. The van der Waals surface area contributed by atoms with Gasteiger partial charge in [0, 0.05) is 18.9 Å². The van der Waals surface area contributed by atoms with Crippen molar-refractivity contribution in [2.45, 2.75) is 46.0 Å². The first-order valence-corrected chi connectivity index (χ1v) is 10.1. The van der Waals surface area contributed by atoms with Gasteiger partial charge in [-0.15, -0.1) is 0 Å². The number of ether oxygens (including phenoxy) is 2. The van der Waals surface area contributed by atoms with E-state index < -0.39 is 5.41 Å². The molecule has 0 aromatic heterocycles. The second kappa shape index (κ2) is 8.78. The van der Waals surface area contributed by atoms with Crippen LogP contribution in [0, 0.1) is 19.8 Å². The second-order valence-corrected chi connectivity index (χ2v) is 8.20. The molecule has 2 aromatic rings. The van der Waals surface area contributed by atoms with E-state index in [0.717, 1.165) is 22.6 Å². The minimum absolute atomic E-state index is 0.0386. The standard InChI is InChI=1S/C24H31NO3/c1-17(2)16-28-22-9-8-21(15-19(22)4)25-23(26)24(10-12-27-13-11-24)20-7-5-6-18(3)14-20/h5-9,14-15,17H,10-13,16H2,1-4H3,(H,25,26). The maximum atomic E-state index is 13.4. The van der Waals surface area contributed by atoms with Crippen molar-refractivity contribution in [3.8, 4) is 5.75 Å². The molecule has 1 amide bonds. The van der Waals surface area contributed by atoms with Gasteiger partial charge in [0.1, 0.15) is 5.75 Å². The van der Waals surface area contributed by atoms with E-state index in [0.29, 0.717) is 38.6 Å². The number of nitrogens with one attached hydrogen (secondary N) is 1. The monoisotopic (exact) mass is 381 g/mol. The van der Waals surface area contributed by atoms with Crippen LogP contribution in [0.1, 0.15) is 43.4 Å². The SMILES string of the molecule is Cc1cccc(C2(C(=O)Nc3ccc(OCC(C)C)c(C)c3)CCOCC2)c1. The Kier molecular flexibility index (Phi) is 6.40. The molecule has 1 fully saturated rings. The molecule has 4 heteroatoms. The molecule has 0 bridgehead atoms. The topological polar surface area (TPSA) is 47.6 Å². The average molecular weight is 382 g/mol. The van der Waals surface area contributed by atoms with Crippen LogP contribution in [0.25, 0.3) is 0 Å². The third-order valence-electron chi connectivity index (χ3n) is 5.36. The van der Waals surface area contributed by atoms with Crippen LogP contribution < -0.4 is 10.1 Å². The van der Waals surface area contributed by atoms with Crippen molar-refractivity contribution in [3.63, 3.8) is 0 Å². The number of rotatable bonds is 6. The van der Waals surface area contributed by atoms with Crippen LogP contribution in [-0.4, -0.2) is 25.7 Å². The summed E-state index contributed by atoms with van der Waals surface area (Å²) in [5.41, 5.74) is 3.51. The molecule has 1 heterocycles. The normalized spacial score (nSPS) is 16.0. The molecule has 0 unspecified atom stereocenters. The molecular formula is C24H31NO3. The highest BCUT2D eigenvalue weighted by atomic mass is 16.5. The lowest BCUT2D eigenvalue weighted by molar-refractivity contribution is -0.125. The van der Waals surface area contributed by atoms with Gasteiger partial charge in [-0.2, -0.15) is 0 Å². The van der Waals surface area contributed by atoms with Crippen molar-refractivity contribution >= 4 is 11.6 Å². The van der Waals surface area contributed by atoms with Crippen molar-refractivity contribution in [2.75, 3.05) is 25.1 Å². The number of amides is 1. The molecule has 150 valence electrons. The predicted octanol–water partition coefficient (Wildman–Crippen LogP) is 5.03. The van der Waals surface area contributed by atoms with E-state index in [2.05, 4.69) is 44.3 Å². The molecule has 1 aliphatic rings. The zero-order chi connectivity index (χ0) is 20.1. The Morgan fingerprint density at radius 2 is 1.89 bits per heavy atom. The average Bonchev–Trinajstić information content (AvgIpc) is 2.67. The number of hydrogen-bond donors (Lipinski definition) is 1. The maximum Gasteiger partial charge on any atom is 0.235 e. The highest BCUT2D eigenvalue weighted by Crippen LogP contribution is 2.37. The van der Waals surface area contributed by atoms with E-state index in [-0.39, 0.29) is 5.91 Å². The smallest absolute Gasteiger partial charge is 0.235 e. The van der Waals surface area contributed by atoms with Gasteiger partial charge in [0.15, 0.2) is 0 Å². The number of benzene rings is 2. The summed E-state index contributed by atoms with van der Waals surface area (Å²) in [5, 5.41) is 3.15. The van der Waals surface area contributed by atoms with Crippen LogP contribution in [0.2, 0.25) is 0 Å². The fraction of sp³-hybridized carbons (Fsp3) is 0.458. The minimum atomic E-state index is -0.551. The Labute approximate surface area is 168 Å². The molecule has 0 radical (unpaired) electrons. The van der Waals surface area contributed by atoms with Crippen LogP contribution in [0.4, 0.5) is 5.69 Å². The number of carbonyl (C=O) groups is 1. The summed E-state index contributed by atoms with van der Waals surface area (Å²) in [6, 6.07) is 14.1. The van der Waals surface area contributed by atoms with E-state index >= 15 is 0 Å². The highest BCUT2D eigenvalue weighted by molar-refractivity contribution is 5.99. The summed E-state index contributed by atoms with van der Waals surface area (Å²) in [4.78, 5) is 13.4. The molecule has 3 rings (SSSR count). The molecule has 0 aliphatic carbocycles. The summed E-state index contributed by atoms with van der Waals surface area (Å²) < 4.78 is 11.4. The van der Waals surface area contributed by atoms with E-state index in [9.17, 15) is 4.79 Å². The van der Waals surface area contributed by atoms with Gasteiger partial charge in [0.25, 0.3) is 0 Å². The molecule has 28 heavy (non-hydrogen) atoms. The van der Waals surface area contributed by atoms with Crippen LogP contribution in [0.15, 0.2) is 42.5 Å². The molecule has 0 spiro atoms. The zero-order valence-corrected chi connectivity index (χ0v) is 17.4. The third kappa shape index (κ3) is 4.56. The lowest BCUT2D eigenvalue weighted by Gasteiger charge is -2.36. The maximum absolute atomic E-state index is 13.4. The van der Waals surface area contributed by atoms with Gasteiger partial charge in [-0.25, -0.2) is 0 Å². The van der Waals surface area contributed by atoms with Crippen molar-refractivity contribution in [1.29, 1.82) is 0 Å². The molecule has 0 saturated carbocycles. The van der Waals surface area contributed by atoms with Gasteiger partial charge >= 0.3 is 0 Å². The number of aryl methyl sites for hydroxylation is 2. The number of carbonyl (C=O) groups excluding carboxylic acids is 1. The Balaban J connectivity index is 1.82. The Morgan fingerprint density at radius 3 is 2.54 bits per heavy atom. The molecule has 1 N–H and O–H groups in total. The lowest BCUT2D eigenvalue weighted by atomic mass is 9.73. The predicted molar refractivity (Wildman–Crippen MR) is 113 cm³/mol. The first kappa shape index (κ1) is 20.4. The summed E-state index contributed by atoms with van der Waals surface area (Å²) >= 11 is 0. The van der Waals surface area contributed by atoms with E-state index in [1.807, 2.05) is 31.2 Å². The Morgan fingerprint density at radius 1 is 1.14 bits per heavy atom. The fourth-order valence-electron chi connectivity index (χ4n) is 3.71. The van der Waals surface area contributed by atoms with E-state index in [1.54, 1.807) is 0 Å². The van der Waals surface area contributed by atoms with Gasteiger partial charge in [0.05, 0.1) is 12.0 Å².